The molecule has 0 amide bonds. The molecule has 0 aliphatic rings. The van der Waals surface area contributed by atoms with Crippen LogP contribution >= 0.6 is 0 Å². The fourth-order valence-electron chi connectivity index (χ4n) is 3.14. The number of ether oxygens (including phenoxy) is 1. The molecule has 0 aromatic heterocycles. The number of carboxylic acid groups (broad SMARTS) is 1. The van der Waals surface area contributed by atoms with Crippen molar-refractivity contribution in [3.05, 3.63) is 12.2 Å². The van der Waals surface area contributed by atoms with Crippen LogP contribution in [0, 0.1) is 0 Å². The minimum Gasteiger partial charge on any atom is -0.480 e. The van der Waals surface area contributed by atoms with E-state index in [1.54, 1.807) is 6.08 Å². The molecule has 176 valence electrons. The van der Waals surface area contributed by atoms with Gasteiger partial charge in [0.15, 0.2) is 0 Å². The van der Waals surface area contributed by atoms with Gasteiger partial charge in [-0.3, -0.25) is 9.59 Å². The summed E-state index contributed by atoms with van der Waals surface area (Å²) >= 11 is 0. The fourth-order valence-corrected chi connectivity index (χ4v) is 3.14. The lowest BCUT2D eigenvalue weighted by Gasteiger charge is -2.26. The van der Waals surface area contributed by atoms with E-state index in [9.17, 15) is 24.9 Å². The quantitative estimate of drug-likeness (QED) is 0.126. The van der Waals surface area contributed by atoms with Gasteiger partial charge in [0.1, 0.15) is 24.4 Å². The van der Waals surface area contributed by atoms with Gasteiger partial charge in [0.25, 0.3) is 0 Å². The number of esters is 1. The molecule has 0 aromatic rings. The molecule has 0 rings (SSSR count). The van der Waals surface area contributed by atoms with Gasteiger partial charge in [-0.05, 0) is 31.8 Å². The number of allylic oxidation sites excluding steroid dienone is 1. The summed E-state index contributed by atoms with van der Waals surface area (Å²) in [7, 11) is 0. The van der Waals surface area contributed by atoms with Crippen LogP contribution in [0.3, 0.4) is 0 Å². The highest BCUT2D eigenvalue weighted by molar-refractivity contribution is 5.74. The van der Waals surface area contributed by atoms with Crippen LogP contribution in [-0.2, 0) is 14.3 Å². The largest absolute Gasteiger partial charge is 0.480 e. The molecule has 0 bridgehead atoms. The molecule has 0 heterocycles. The zero-order chi connectivity index (χ0) is 22.9. The van der Waals surface area contributed by atoms with Crippen LogP contribution in [0.1, 0.15) is 84.5 Å². The molecule has 0 spiro atoms. The lowest BCUT2D eigenvalue weighted by atomic mass is 10.0. The number of nitrogens with two attached hydrogens (primary N) is 1. The van der Waals surface area contributed by atoms with E-state index in [4.69, 9.17) is 15.6 Å². The standard InChI is InChI=1S/C22H41NO7/c1-3-4-5-10-13-17(25)14-11-8-6-7-9-12-15-18(30-16(2)24)20(26)21(27)19(23)22(28)29/h12,15,17-21,25-27H,3-11,13-14,23H2,1-2H3,(H,28,29)/b15-12+/t17-,18-,19-,20+,21+/m0/s1. The fraction of sp³-hybridized carbons (Fsp3) is 0.818. The number of carboxylic acids is 1. The lowest BCUT2D eigenvalue weighted by molar-refractivity contribution is -0.156. The number of hydrogen-bond donors (Lipinski definition) is 5. The molecule has 8 heteroatoms. The normalized spacial score (nSPS) is 16.7. The van der Waals surface area contributed by atoms with Crippen molar-refractivity contribution in [2.45, 2.75) is 115 Å². The maximum absolute atomic E-state index is 11.2. The van der Waals surface area contributed by atoms with Gasteiger partial charge in [0.2, 0.25) is 0 Å². The molecule has 5 atom stereocenters. The Morgan fingerprint density at radius 2 is 1.50 bits per heavy atom. The Kier molecular flexibility index (Phi) is 16.4. The van der Waals surface area contributed by atoms with E-state index in [-0.39, 0.29) is 6.10 Å². The SMILES string of the molecule is CCCCCC[C@H](O)CCCCCC/C=C/[C@H](OC(C)=O)[C@@H](O)[C@H](O)[C@H](N)C(=O)O. The molecular formula is C22H41NO7. The van der Waals surface area contributed by atoms with Crippen molar-refractivity contribution in [2.75, 3.05) is 0 Å². The van der Waals surface area contributed by atoms with Gasteiger partial charge in [0, 0.05) is 6.92 Å². The maximum Gasteiger partial charge on any atom is 0.323 e. The molecular weight excluding hydrogens is 390 g/mol. The number of hydrogen-bond acceptors (Lipinski definition) is 7. The molecule has 0 saturated carbocycles. The van der Waals surface area contributed by atoms with Crippen LogP contribution in [0.25, 0.3) is 0 Å². The summed E-state index contributed by atoms with van der Waals surface area (Å²) in [5.41, 5.74) is 5.32. The highest BCUT2D eigenvalue weighted by atomic mass is 16.6. The molecule has 6 N–H and O–H groups in total. The second-order valence-electron chi connectivity index (χ2n) is 7.84. The first-order valence-electron chi connectivity index (χ1n) is 11.1. The van der Waals surface area contributed by atoms with Crippen molar-refractivity contribution >= 4 is 11.9 Å². The van der Waals surface area contributed by atoms with Crippen molar-refractivity contribution in [1.29, 1.82) is 0 Å². The number of aliphatic hydroxyl groups is 3. The van der Waals surface area contributed by atoms with Gasteiger partial charge in [-0.25, -0.2) is 0 Å². The highest BCUT2D eigenvalue weighted by Gasteiger charge is 2.34. The number of carbonyl (C=O) groups is 2. The Morgan fingerprint density at radius 3 is 2.03 bits per heavy atom. The van der Waals surface area contributed by atoms with E-state index in [0.717, 1.165) is 51.9 Å². The van der Waals surface area contributed by atoms with Crippen molar-refractivity contribution in [2.24, 2.45) is 5.73 Å². The minimum absolute atomic E-state index is 0.212. The molecule has 0 aliphatic carbocycles. The maximum atomic E-state index is 11.2. The van der Waals surface area contributed by atoms with Crippen LogP contribution in [0.2, 0.25) is 0 Å². The molecule has 0 radical (unpaired) electrons. The summed E-state index contributed by atoms with van der Waals surface area (Å²) in [5.74, 6) is -2.12. The third kappa shape index (κ3) is 13.7. The lowest BCUT2D eigenvalue weighted by Crippen LogP contribution is -2.52. The second kappa shape index (κ2) is 17.2. The average Bonchev–Trinajstić information content (AvgIpc) is 2.70. The van der Waals surface area contributed by atoms with Crippen LogP contribution in [0.15, 0.2) is 12.2 Å². The van der Waals surface area contributed by atoms with E-state index in [2.05, 4.69) is 6.92 Å². The molecule has 0 saturated heterocycles. The first kappa shape index (κ1) is 28.5. The number of carbonyl (C=O) groups excluding carboxylic acids is 1. The number of unbranched alkanes of at least 4 members (excludes halogenated alkanes) is 7. The smallest absolute Gasteiger partial charge is 0.323 e. The van der Waals surface area contributed by atoms with Crippen molar-refractivity contribution in [3.8, 4) is 0 Å². The van der Waals surface area contributed by atoms with Crippen molar-refractivity contribution in [3.63, 3.8) is 0 Å². The second-order valence-corrected chi connectivity index (χ2v) is 7.84. The van der Waals surface area contributed by atoms with E-state index in [1.165, 1.54) is 25.3 Å². The molecule has 0 fully saturated rings. The molecule has 0 aliphatic heterocycles. The Bertz CT molecular complexity index is 498. The molecule has 8 nitrogen and oxygen atoms in total. The predicted molar refractivity (Wildman–Crippen MR) is 115 cm³/mol. The molecule has 30 heavy (non-hydrogen) atoms. The summed E-state index contributed by atoms with van der Waals surface area (Å²) in [4.78, 5) is 22.1. The van der Waals surface area contributed by atoms with Gasteiger partial charge in [-0.2, -0.15) is 0 Å². The first-order chi connectivity index (χ1) is 14.2. The summed E-state index contributed by atoms with van der Waals surface area (Å²) in [5, 5.41) is 38.8. The van der Waals surface area contributed by atoms with E-state index in [0.29, 0.717) is 6.42 Å². The van der Waals surface area contributed by atoms with Crippen LogP contribution < -0.4 is 5.73 Å². The van der Waals surface area contributed by atoms with Crippen LogP contribution in [-0.4, -0.2) is 62.8 Å². The Morgan fingerprint density at radius 1 is 0.933 bits per heavy atom. The van der Waals surface area contributed by atoms with E-state index >= 15 is 0 Å². The zero-order valence-electron chi connectivity index (χ0n) is 18.4. The Hall–Kier alpha value is -1.48. The summed E-state index contributed by atoms with van der Waals surface area (Å²) in [6, 6.07) is -1.69. The number of aliphatic hydroxyl groups excluding tert-OH is 3. The molecule has 0 aromatic carbocycles. The average molecular weight is 432 g/mol. The van der Waals surface area contributed by atoms with Crippen molar-refractivity contribution < 1.29 is 34.8 Å². The summed E-state index contributed by atoms with van der Waals surface area (Å²) < 4.78 is 4.97. The van der Waals surface area contributed by atoms with E-state index in [1.807, 2.05) is 0 Å². The van der Waals surface area contributed by atoms with Crippen molar-refractivity contribution in [1.82, 2.24) is 0 Å². The number of aliphatic carboxylic acids is 1. The molecule has 0 unspecified atom stereocenters. The Balaban J connectivity index is 4.17. The first-order valence-corrected chi connectivity index (χ1v) is 11.1. The van der Waals surface area contributed by atoms with Crippen LogP contribution in [0.5, 0.6) is 0 Å². The number of rotatable bonds is 18. The van der Waals surface area contributed by atoms with Gasteiger partial charge < -0.3 is 30.9 Å². The minimum atomic E-state index is -1.77. The summed E-state index contributed by atoms with van der Waals surface area (Å²) in [6.07, 6.45) is 9.32. The third-order valence-corrected chi connectivity index (χ3v) is 5.02. The zero-order valence-corrected chi connectivity index (χ0v) is 18.4. The van der Waals surface area contributed by atoms with Gasteiger partial charge in [-0.1, -0.05) is 57.9 Å². The highest BCUT2D eigenvalue weighted by Crippen LogP contribution is 2.14. The van der Waals surface area contributed by atoms with Crippen LogP contribution in [0.4, 0.5) is 0 Å². The monoisotopic (exact) mass is 431 g/mol. The van der Waals surface area contributed by atoms with Gasteiger partial charge >= 0.3 is 11.9 Å². The third-order valence-electron chi connectivity index (χ3n) is 5.02. The topological polar surface area (TPSA) is 150 Å². The van der Waals surface area contributed by atoms with E-state index < -0.39 is 36.3 Å². The Labute approximate surface area is 180 Å². The summed E-state index contributed by atoms with van der Waals surface area (Å²) in [6.45, 7) is 3.33. The predicted octanol–water partition coefficient (Wildman–Crippen LogP) is 2.28. The van der Waals surface area contributed by atoms with Gasteiger partial charge in [0.05, 0.1) is 6.10 Å². The van der Waals surface area contributed by atoms with Gasteiger partial charge in [-0.15, -0.1) is 0 Å².